The lowest BCUT2D eigenvalue weighted by molar-refractivity contribution is 0.0955. The Balaban J connectivity index is 2.11. The monoisotopic (exact) mass is 269 g/mol. The van der Waals surface area contributed by atoms with Gasteiger partial charge in [0.2, 0.25) is 0 Å². The second-order valence-electron chi connectivity index (χ2n) is 4.30. The summed E-state index contributed by atoms with van der Waals surface area (Å²) in [6.45, 7) is 2.85. The first-order chi connectivity index (χ1) is 7.10. The Kier molecular flexibility index (Phi) is 3.14. The van der Waals surface area contributed by atoms with Crippen molar-refractivity contribution in [2.24, 2.45) is 5.73 Å². The third-order valence-electron chi connectivity index (χ3n) is 3.19. The molecule has 1 fully saturated rings. The smallest absolute Gasteiger partial charge is 0.0730 e. The van der Waals surface area contributed by atoms with Crippen molar-refractivity contribution in [3.63, 3.8) is 0 Å². The predicted molar refractivity (Wildman–Crippen MR) is 64.8 cm³/mol. The molecule has 0 spiro atoms. The minimum Gasteiger partial charge on any atom is -0.377 e. The van der Waals surface area contributed by atoms with Crippen molar-refractivity contribution in [1.29, 1.82) is 0 Å². The van der Waals surface area contributed by atoms with E-state index in [4.69, 9.17) is 10.5 Å². The SMILES string of the molecule is CC1OCCC1(N)Cc1ccc(Br)cc1. The number of rotatable bonds is 2. The zero-order valence-corrected chi connectivity index (χ0v) is 10.5. The molecule has 0 amide bonds. The summed E-state index contributed by atoms with van der Waals surface area (Å²) in [6.07, 6.45) is 1.99. The maximum absolute atomic E-state index is 6.34. The molecule has 0 saturated carbocycles. The molecule has 2 atom stereocenters. The van der Waals surface area contributed by atoms with Crippen LogP contribution < -0.4 is 5.73 Å². The molecule has 2 rings (SSSR count). The highest BCUT2D eigenvalue weighted by Crippen LogP contribution is 2.27. The predicted octanol–water partition coefficient (Wildman–Crippen LogP) is 2.50. The standard InChI is InChI=1S/C12H16BrNO/c1-9-12(14,6-7-15-9)8-10-2-4-11(13)5-3-10/h2-5,9H,6-8,14H2,1H3. The first kappa shape index (κ1) is 11.1. The normalized spacial score (nSPS) is 30.7. The topological polar surface area (TPSA) is 35.2 Å². The van der Waals surface area contributed by atoms with Crippen LogP contribution in [0.5, 0.6) is 0 Å². The van der Waals surface area contributed by atoms with Gasteiger partial charge in [0, 0.05) is 16.6 Å². The molecular weight excluding hydrogens is 254 g/mol. The van der Waals surface area contributed by atoms with Crippen LogP contribution in [0.2, 0.25) is 0 Å². The average molecular weight is 270 g/mol. The minimum absolute atomic E-state index is 0.154. The van der Waals surface area contributed by atoms with E-state index >= 15 is 0 Å². The first-order valence-corrected chi connectivity index (χ1v) is 6.04. The lowest BCUT2D eigenvalue weighted by Gasteiger charge is -2.27. The molecule has 1 aliphatic rings. The molecule has 1 heterocycles. The summed E-state index contributed by atoms with van der Waals surface area (Å²) in [7, 11) is 0. The lowest BCUT2D eigenvalue weighted by Crippen LogP contribution is -2.47. The Morgan fingerprint density at radius 2 is 2.13 bits per heavy atom. The van der Waals surface area contributed by atoms with Crippen molar-refractivity contribution in [2.45, 2.75) is 31.4 Å². The van der Waals surface area contributed by atoms with E-state index in [1.807, 2.05) is 0 Å². The van der Waals surface area contributed by atoms with Crippen molar-refractivity contribution in [1.82, 2.24) is 0 Å². The molecule has 0 radical (unpaired) electrons. The van der Waals surface area contributed by atoms with Crippen molar-refractivity contribution >= 4 is 15.9 Å². The summed E-state index contributed by atoms with van der Waals surface area (Å²) in [6, 6.07) is 8.34. The maximum atomic E-state index is 6.34. The number of halogens is 1. The summed E-state index contributed by atoms with van der Waals surface area (Å²) < 4.78 is 6.63. The van der Waals surface area contributed by atoms with Crippen molar-refractivity contribution in [3.05, 3.63) is 34.3 Å². The van der Waals surface area contributed by atoms with Gasteiger partial charge in [-0.15, -0.1) is 0 Å². The highest BCUT2D eigenvalue weighted by Gasteiger charge is 2.37. The number of hydrogen-bond acceptors (Lipinski definition) is 2. The van der Waals surface area contributed by atoms with Crippen molar-refractivity contribution < 1.29 is 4.74 Å². The van der Waals surface area contributed by atoms with E-state index in [0.29, 0.717) is 0 Å². The average Bonchev–Trinajstić information content (AvgIpc) is 2.51. The first-order valence-electron chi connectivity index (χ1n) is 5.25. The van der Waals surface area contributed by atoms with Crippen LogP contribution in [0.4, 0.5) is 0 Å². The Bertz CT molecular complexity index is 338. The van der Waals surface area contributed by atoms with Crippen molar-refractivity contribution in [2.75, 3.05) is 6.61 Å². The zero-order chi connectivity index (χ0) is 10.9. The highest BCUT2D eigenvalue weighted by molar-refractivity contribution is 9.10. The fourth-order valence-electron chi connectivity index (χ4n) is 2.01. The van der Waals surface area contributed by atoms with Gasteiger partial charge in [-0.05, 0) is 37.5 Å². The molecule has 3 heteroatoms. The van der Waals surface area contributed by atoms with Gasteiger partial charge in [0.05, 0.1) is 6.10 Å². The summed E-state index contributed by atoms with van der Waals surface area (Å²) >= 11 is 3.43. The summed E-state index contributed by atoms with van der Waals surface area (Å²) in [5, 5.41) is 0. The Hall–Kier alpha value is -0.380. The maximum Gasteiger partial charge on any atom is 0.0730 e. The Labute approximate surface area is 98.9 Å². The van der Waals surface area contributed by atoms with Crippen LogP contribution in [0.3, 0.4) is 0 Å². The fourth-order valence-corrected chi connectivity index (χ4v) is 2.27. The third-order valence-corrected chi connectivity index (χ3v) is 3.72. The zero-order valence-electron chi connectivity index (χ0n) is 8.87. The fraction of sp³-hybridized carbons (Fsp3) is 0.500. The van der Waals surface area contributed by atoms with E-state index in [9.17, 15) is 0 Å². The molecule has 1 aromatic rings. The van der Waals surface area contributed by atoms with E-state index in [0.717, 1.165) is 23.9 Å². The quantitative estimate of drug-likeness (QED) is 0.896. The minimum atomic E-state index is -0.187. The van der Waals surface area contributed by atoms with Gasteiger partial charge in [-0.2, -0.15) is 0 Å². The molecule has 1 saturated heterocycles. The van der Waals surface area contributed by atoms with Crippen LogP contribution in [0, 0.1) is 0 Å². The molecule has 0 bridgehead atoms. The van der Waals surface area contributed by atoms with E-state index in [1.165, 1.54) is 5.56 Å². The third kappa shape index (κ3) is 2.41. The van der Waals surface area contributed by atoms with E-state index in [-0.39, 0.29) is 11.6 Å². The van der Waals surface area contributed by atoms with Crippen LogP contribution in [-0.2, 0) is 11.2 Å². The van der Waals surface area contributed by atoms with Gasteiger partial charge in [-0.1, -0.05) is 28.1 Å². The lowest BCUT2D eigenvalue weighted by atomic mass is 9.86. The van der Waals surface area contributed by atoms with Crippen molar-refractivity contribution in [3.8, 4) is 0 Å². The summed E-state index contributed by atoms with van der Waals surface area (Å²) in [5.74, 6) is 0. The summed E-state index contributed by atoms with van der Waals surface area (Å²) in [4.78, 5) is 0. The number of hydrogen-bond donors (Lipinski definition) is 1. The molecule has 15 heavy (non-hydrogen) atoms. The number of ether oxygens (including phenoxy) is 1. The summed E-state index contributed by atoms with van der Waals surface area (Å²) in [5.41, 5.74) is 7.43. The molecule has 82 valence electrons. The second kappa shape index (κ2) is 4.24. The van der Waals surface area contributed by atoms with Gasteiger partial charge in [-0.25, -0.2) is 0 Å². The largest absolute Gasteiger partial charge is 0.377 e. The van der Waals surface area contributed by atoms with E-state index in [2.05, 4.69) is 47.1 Å². The van der Waals surface area contributed by atoms with Crippen LogP contribution in [-0.4, -0.2) is 18.2 Å². The van der Waals surface area contributed by atoms with Crippen LogP contribution >= 0.6 is 15.9 Å². The Morgan fingerprint density at radius 3 is 2.67 bits per heavy atom. The van der Waals surface area contributed by atoms with Gasteiger partial charge < -0.3 is 10.5 Å². The molecule has 2 nitrogen and oxygen atoms in total. The van der Waals surface area contributed by atoms with Gasteiger partial charge in [-0.3, -0.25) is 0 Å². The molecule has 0 aliphatic carbocycles. The van der Waals surface area contributed by atoms with E-state index < -0.39 is 0 Å². The molecule has 2 N–H and O–H groups in total. The van der Waals surface area contributed by atoms with E-state index in [1.54, 1.807) is 0 Å². The number of benzene rings is 1. The molecular formula is C12H16BrNO. The van der Waals surface area contributed by atoms with Gasteiger partial charge in [0.25, 0.3) is 0 Å². The molecule has 0 aromatic heterocycles. The highest BCUT2D eigenvalue weighted by atomic mass is 79.9. The number of nitrogens with two attached hydrogens (primary N) is 1. The molecule has 1 aliphatic heterocycles. The van der Waals surface area contributed by atoms with Crippen LogP contribution in [0.15, 0.2) is 28.7 Å². The Morgan fingerprint density at radius 1 is 1.47 bits per heavy atom. The van der Waals surface area contributed by atoms with Gasteiger partial charge in [0.15, 0.2) is 0 Å². The molecule has 2 unspecified atom stereocenters. The molecule has 1 aromatic carbocycles. The van der Waals surface area contributed by atoms with Crippen LogP contribution in [0.1, 0.15) is 18.9 Å². The second-order valence-corrected chi connectivity index (χ2v) is 5.22. The van der Waals surface area contributed by atoms with Crippen LogP contribution in [0.25, 0.3) is 0 Å². The van der Waals surface area contributed by atoms with Gasteiger partial charge >= 0.3 is 0 Å². The van der Waals surface area contributed by atoms with Gasteiger partial charge in [0.1, 0.15) is 0 Å².